The molecule has 0 saturated carbocycles. The average molecular weight is 415 g/mol. The zero-order valence-corrected chi connectivity index (χ0v) is 16.9. The molecule has 1 unspecified atom stereocenters. The van der Waals surface area contributed by atoms with Gasteiger partial charge in [0.05, 0.1) is 5.69 Å². The van der Waals surface area contributed by atoms with Crippen LogP contribution >= 0.6 is 0 Å². The molecule has 31 heavy (non-hydrogen) atoms. The maximum Gasteiger partial charge on any atom is 0.267 e. The van der Waals surface area contributed by atoms with Crippen molar-refractivity contribution in [1.29, 1.82) is 0 Å². The smallest absolute Gasteiger partial charge is 0.267 e. The van der Waals surface area contributed by atoms with Gasteiger partial charge < -0.3 is 15.7 Å². The van der Waals surface area contributed by atoms with Crippen LogP contribution in [0.3, 0.4) is 0 Å². The second kappa shape index (κ2) is 9.61. The van der Waals surface area contributed by atoms with Gasteiger partial charge in [-0.1, -0.05) is 18.1 Å². The number of hydrogen-bond acceptors (Lipinski definition) is 6. The first-order chi connectivity index (χ1) is 14.9. The molecule has 156 valence electrons. The number of aliphatic hydroxyl groups excluding tert-OH is 1. The van der Waals surface area contributed by atoms with Crippen LogP contribution in [0.2, 0.25) is 0 Å². The first-order valence-corrected chi connectivity index (χ1v) is 9.48. The SMILES string of the molecule is C#Cc1cccc(-c2cc(-c3ncccn3)cc(C(N)=O)n2)c1.CN1CCC(O)C1=O. The number of carbonyl (C=O) groups excluding carboxylic acids is 2. The van der Waals surface area contributed by atoms with Gasteiger partial charge in [-0.25, -0.2) is 15.0 Å². The molecule has 1 aliphatic rings. The minimum absolute atomic E-state index is 0.148. The first-order valence-electron chi connectivity index (χ1n) is 9.48. The molecule has 1 saturated heterocycles. The van der Waals surface area contributed by atoms with Gasteiger partial charge in [0.15, 0.2) is 5.82 Å². The third kappa shape index (κ3) is 5.29. The fourth-order valence-electron chi connectivity index (χ4n) is 2.95. The van der Waals surface area contributed by atoms with Gasteiger partial charge >= 0.3 is 0 Å². The molecule has 2 aromatic heterocycles. The summed E-state index contributed by atoms with van der Waals surface area (Å²) >= 11 is 0. The van der Waals surface area contributed by atoms with E-state index in [0.29, 0.717) is 30.0 Å². The van der Waals surface area contributed by atoms with Crippen molar-refractivity contribution in [3.05, 3.63) is 66.1 Å². The van der Waals surface area contributed by atoms with Crippen molar-refractivity contribution < 1.29 is 14.7 Å². The van der Waals surface area contributed by atoms with E-state index in [-0.39, 0.29) is 11.6 Å². The minimum Gasteiger partial charge on any atom is -0.383 e. The Balaban J connectivity index is 0.000000287. The molecule has 4 rings (SSSR count). The molecular weight excluding hydrogens is 394 g/mol. The number of hydrogen-bond donors (Lipinski definition) is 2. The van der Waals surface area contributed by atoms with Crippen molar-refractivity contribution in [2.75, 3.05) is 13.6 Å². The van der Waals surface area contributed by atoms with E-state index in [1.807, 2.05) is 24.3 Å². The normalized spacial score (nSPS) is 15.1. The Morgan fingerprint density at radius 1 is 1.19 bits per heavy atom. The van der Waals surface area contributed by atoms with Crippen molar-refractivity contribution in [2.24, 2.45) is 5.73 Å². The number of amides is 2. The summed E-state index contributed by atoms with van der Waals surface area (Å²) in [4.78, 5) is 36.4. The topological polar surface area (TPSA) is 122 Å². The van der Waals surface area contributed by atoms with Crippen LogP contribution in [0.4, 0.5) is 0 Å². The van der Waals surface area contributed by atoms with Crippen molar-refractivity contribution in [1.82, 2.24) is 19.9 Å². The standard InChI is InChI=1S/C18H12N4O.C5H9NO2/c1-2-12-5-3-6-13(9-12)15-10-14(11-16(22-15)17(19)23)18-20-7-4-8-21-18;1-6-3-2-4(7)5(6)8/h1,3-11H,(H2,19,23);4,7H,2-3H2,1H3. The number of terminal acetylenes is 1. The lowest BCUT2D eigenvalue weighted by Crippen LogP contribution is -2.24. The second-order valence-electron chi connectivity index (χ2n) is 6.85. The molecule has 1 atom stereocenters. The molecule has 0 spiro atoms. The predicted molar refractivity (Wildman–Crippen MR) is 115 cm³/mol. The molecule has 8 heteroatoms. The molecule has 3 N–H and O–H groups in total. The summed E-state index contributed by atoms with van der Waals surface area (Å²) in [6, 6.07) is 12.4. The highest BCUT2D eigenvalue weighted by molar-refractivity contribution is 5.92. The quantitative estimate of drug-likeness (QED) is 0.625. The molecular formula is C23H21N5O3. The van der Waals surface area contributed by atoms with Gasteiger partial charge in [-0.05, 0) is 36.8 Å². The lowest BCUT2D eigenvalue weighted by Gasteiger charge is -2.07. The Morgan fingerprint density at radius 3 is 2.48 bits per heavy atom. The summed E-state index contributed by atoms with van der Waals surface area (Å²) in [5.74, 6) is 2.31. The summed E-state index contributed by atoms with van der Waals surface area (Å²) in [6.07, 6.45) is 8.56. The van der Waals surface area contributed by atoms with Crippen molar-refractivity contribution in [2.45, 2.75) is 12.5 Å². The van der Waals surface area contributed by atoms with Crippen LogP contribution in [0.5, 0.6) is 0 Å². The second-order valence-corrected chi connectivity index (χ2v) is 6.85. The fraction of sp³-hybridized carbons (Fsp3) is 0.174. The van der Waals surface area contributed by atoms with Crippen LogP contribution < -0.4 is 5.73 Å². The first kappa shape index (κ1) is 21.6. The minimum atomic E-state index is -0.722. The van der Waals surface area contributed by atoms with Gasteiger partial charge in [-0.3, -0.25) is 9.59 Å². The third-order valence-electron chi connectivity index (χ3n) is 4.63. The van der Waals surface area contributed by atoms with Gasteiger partial charge in [0.1, 0.15) is 11.8 Å². The van der Waals surface area contributed by atoms with E-state index in [2.05, 4.69) is 20.9 Å². The van der Waals surface area contributed by atoms with E-state index in [1.54, 1.807) is 37.6 Å². The Hall–Kier alpha value is -4.09. The van der Waals surface area contributed by atoms with Crippen LogP contribution in [-0.2, 0) is 4.79 Å². The predicted octanol–water partition coefficient (Wildman–Crippen LogP) is 1.50. The van der Waals surface area contributed by atoms with Crippen molar-refractivity contribution >= 4 is 11.8 Å². The Morgan fingerprint density at radius 2 is 1.94 bits per heavy atom. The van der Waals surface area contributed by atoms with Crippen molar-refractivity contribution in [3.8, 4) is 35.0 Å². The lowest BCUT2D eigenvalue weighted by molar-refractivity contribution is -0.133. The summed E-state index contributed by atoms with van der Waals surface area (Å²) in [7, 11) is 1.69. The van der Waals surface area contributed by atoms with Crippen molar-refractivity contribution in [3.63, 3.8) is 0 Å². The zero-order valence-electron chi connectivity index (χ0n) is 16.9. The Kier molecular flexibility index (Phi) is 6.70. The number of pyridine rings is 1. The number of benzene rings is 1. The highest BCUT2D eigenvalue weighted by Crippen LogP contribution is 2.24. The van der Waals surface area contributed by atoms with E-state index in [0.717, 1.165) is 11.1 Å². The van der Waals surface area contributed by atoms with E-state index in [9.17, 15) is 9.59 Å². The fourth-order valence-corrected chi connectivity index (χ4v) is 2.95. The zero-order chi connectivity index (χ0) is 22.4. The molecule has 1 fully saturated rings. The van der Waals surface area contributed by atoms with E-state index in [1.165, 1.54) is 4.90 Å². The molecule has 0 aliphatic carbocycles. The number of aromatic nitrogens is 3. The number of nitrogens with zero attached hydrogens (tertiary/aromatic N) is 4. The number of primary amides is 1. The maximum absolute atomic E-state index is 11.6. The van der Waals surface area contributed by atoms with Gasteiger partial charge in [0.2, 0.25) is 0 Å². The molecule has 0 radical (unpaired) electrons. The number of rotatable bonds is 3. The van der Waals surface area contributed by atoms with Gasteiger partial charge in [0.25, 0.3) is 11.8 Å². The molecule has 3 aromatic rings. The number of likely N-dealkylation sites (N-methyl/N-ethyl adjacent to an activating group) is 1. The number of nitrogens with two attached hydrogens (primary N) is 1. The highest BCUT2D eigenvalue weighted by Gasteiger charge is 2.26. The molecule has 1 aliphatic heterocycles. The van der Waals surface area contributed by atoms with E-state index < -0.39 is 12.0 Å². The van der Waals surface area contributed by atoms with E-state index in [4.69, 9.17) is 17.3 Å². The molecule has 3 heterocycles. The third-order valence-corrected chi connectivity index (χ3v) is 4.63. The lowest BCUT2D eigenvalue weighted by atomic mass is 10.0. The molecule has 1 aromatic carbocycles. The number of carbonyl (C=O) groups is 2. The largest absolute Gasteiger partial charge is 0.383 e. The summed E-state index contributed by atoms with van der Waals surface area (Å²) < 4.78 is 0. The number of likely N-dealkylation sites (tertiary alicyclic amines) is 1. The van der Waals surface area contributed by atoms with Crippen LogP contribution in [-0.4, -0.2) is 56.5 Å². The maximum atomic E-state index is 11.6. The number of aliphatic hydroxyl groups is 1. The van der Waals surface area contributed by atoms with E-state index >= 15 is 0 Å². The van der Waals surface area contributed by atoms with Gasteiger partial charge in [-0.2, -0.15) is 0 Å². The highest BCUT2D eigenvalue weighted by atomic mass is 16.3. The summed E-state index contributed by atoms with van der Waals surface area (Å²) in [5.41, 5.74) is 8.31. The molecule has 2 amide bonds. The Labute approximate surface area is 179 Å². The van der Waals surface area contributed by atoms with Crippen LogP contribution in [0, 0.1) is 12.3 Å². The van der Waals surface area contributed by atoms with Crippen LogP contribution in [0.1, 0.15) is 22.5 Å². The monoisotopic (exact) mass is 415 g/mol. The molecule has 0 bridgehead atoms. The van der Waals surface area contributed by atoms with Crippen LogP contribution in [0.15, 0.2) is 54.9 Å². The summed E-state index contributed by atoms with van der Waals surface area (Å²) in [6.45, 7) is 0.694. The van der Waals surface area contributed by atoms with Gasteiger partial charge in [0, 0.05) is 42.7 Å². The van der Waals surface area contributed by atoms with Gasteiger partial charge in [-0.15, -0.1) is 6.42 Å². The van der Waals surface area contributed by atoms with Crippen LogP contribution in [0.25, 0.3) is 22.6 Å². The Bertz CT molecular complexity index is 1130. The molecule has 8 nitrogen and oxygen atoms in total. The average Bonchev–Trinajstić information content (AvgIpc) is 3.10. The summed E-state index contributed by atoms with van der Waals surface area (Å²) in [5, 5.41) is 8.78.